The molecule has 0 saturated heterocycles. The Morgan fingerprint density at radius 2 is 2.10 bits per heavy atom. The van der Waals surface area contributed by atoms with E-state index in [0.29, 0.717) is 5.92 Å². The molecule has 1 aromatic carbocycles. The summed E-state index contributed by atoms with van der Waals surface area (Å²) in [6, 6.07) is 12.9. The minimum absolute atomic E-state index is 0.513. The molecule has 0 aliphatic rings. The third-order valence-corrected chi connectivity index (χ3v) is 5.20. The molecule has 1 N–H and O–H groups in total. The molecule has 1 unspecified atom stereocenters. The molecular formula is C17H22BrNOS. The molecule has 2 nitrogen and oxygen atoms in total. The van der Waals surface area contributed by atoms with Crippen LogP contribution in [0.5, 0.6) is 0 Å². The molecule has 21 heavy (non-hydrogen) atoms. The summed E-state index contributed by atoms with van der Waals surface area (Å²) in [7, 11) is 1.74. The van der Waals surface area contributed by atoms with Crippen LogP contribution in [0.3, 0.4) is 0 Å². The van der Waals surface area contributed by atoms with Gasteiger partial charge in [-0.15, -0.1) is 11.3 Å². The number of nitrogens with one attached hydrogen (secondary N) is 1. The number of hydrogen-bond donors (Lipinski definition) is 1. The average molecular weight is 368 g/mol. The van der Waals surface area contributed by atoms with Gasteiger partial charge in [0.15, 0.2) is 0 Å². The van der Waals surface area contributed by atoms with E-state index in [1.807, 2.05) is 11.3 Å². The van der Waals surface area contributed by atoms with E-state index in [2.05, 4.69) is 63.0 Å². The lowest BCUT2D eigenvalue weighted by molar-refractivity contribution is 0.199. The van der Waals surface area contributed by atoms with E-state index in [1.165, 1.54) is 14.9 Å². The molecule has 0 radical (unpaired) electrons. The summed E-state index contributed by atoms with van der Waals surface area (Å²) in [6.07, 6.45) is 2.29. The van der Waals surface area contributed by atoms with Crippen LogP contribution in [-0.2, 0) is 11.2 Å². The van der Waals surface area contributed by atoms with E-state index in [0.717, 1.165) is 32.5 Å². The molecular weight excluding hydrogens is 346 g/mol. The summed E-state index contributed by atoms with van der Waals surface area (Å²) in [5.74, 6) is 0.513. The van der Waals surface area contributed by atoms with Crippen LogP contribution in [-0.4, -0.2) is 26.8 Å². The maximum absolute atomic E-state index is 5.10. The predicted octanol–water partition coefficient (Wildman–Crippen LogP) is 4.46. The third kappa shape index (κ3) is 5.55. The lowest BCUT2D eigenvalue weighted by Gasteiger charge is -2.19. The maximum atomic E-state index is 5.10. The first-order chi connectivity index (χ1) is 10.3. The van der Waals surface area contributed by atoms with Crippen molar-refractivity contribution in [2.45, 2.75) is 18.8 Å². The van der Waals surface area contributed by atoms with E-state index in [4.69, 9.17) is 4.74 Å². The molecule has 1 heterocycles. The second-order valence-corrected chi connectivity index (χ2v) is 6.92. The predicted molar refractivity (Wildman–Crippen MR) is 94.3 cm³/mol. The van der Waals surface area contributed by atoms with Crippen LogP contribution in [0.2, 0.25) is 0 Å². The number of hydrogen-bond acceptors (Lipinski definition) is 3. The van der Waals surface area contributed by atoms with Crippen LogP contribution in [0.15, 0.2) is 46.3 Å². The number of halogens is 1. The second-order valence-electron chi connectivity index (χ2n) is 5.03. The summed E-state index contributed by atoms with van der Waals surface area (Å²) < 4.78 is 6.31. The first-order valence-corrected chi connectivity index (χ1v) is 8.95. The fourth-order valence-corrected chi connectivity index (χ4v) is 3.73. The molecule has 4 heteroatoms. The van der Waals surface area contributed by atoms with Crippen molar-refractivity contribution in [2.24, 2.45) is 0 Å². The van der Waals surface area contributed by atoms with Crippen LogP contribution < -0.4 is 5.32 Å². The van der Waals surface area contributed by atoms with Crippen molar-refractivity contribution < 1.29 is 4.74 Å². The summed E-state index contributed by atoms with van der Waals surface area (Å²) >= 11 is 5.53. The van der Waals surface area contributed by atoms with Gasteiger partial charge in [0.05, 0.1) is 6.61 Å². The monoisotopic (exact) mass is 367 g/mol. The van der Waals surface area contributed by atoms with Crippen molar-refractivity contribution in [2.75, 3.05) is 26.8 Å². The highest BCUT2D eigenvalue weighted by Gasteiger charge is 2.14. The van der Waals surface area contributed by atoms with Gasteiger partial charge in [-0.3, -0.25) is 0 Å². The van der Waals surface area contributed by atoms with Gasteiger partial charge in [0.25, 0.3) is 0 Å². The van der Waals surface area contributed by atoms with Crippen molar-refractivity contribution in [3.8, 4) is 0 Å². The molecule has 2 aromatic rings. The summed E-state index contributed by atoms with van der Waals surface area (Å²) in [5, 5.41) is 5.65. The van der Waals surface area contributed by atoms with Crippen molar-refractivity contribution in [3.05, 3.63) is 56.7 Å². The van der Waals surface area contributed by atoms with E-state index in [1.54, 1.807) is 7.11 Å². The van der Waals surface area contributed by atoms with Crippen LogP contribution in [0.4, 0.5) is 0 Å². The number of benzene rings is 1. The number of thiophene rings is 1. The highest BCUT2D eigenvalue weighted by Crippen LogP contribution is 2.28. The number of rotatable bonds is 9. The summed E-state index contributed by atoms with van der Waals surface area (Å²) in [6.45, 7) is 2.64. The first-order valence-electron chi connectivity index (χ1n) is 7.27. The van der Waals surface area contributed by atoms with E-state index in [9.17, 15) is 0 Å². The summed E-state index contributed by atoms with van der Waals surface area (Å²) in [5.41, 5.74) is 1.39. The van der Waals surface area contributed by atoms with Gasteiger partial charge in [0.2, 0.25) is 0 Å². The molecule has 2 rings (SSSR count). The van der Waals surface area contributed by atoms with Gasteiger partial charge in [0.1, 0.15) is 0 Å². The summed E-state index contributed by atoms with van der Waals surface area (Å²) in [4.78, 5) is 1.46. The quantitative estimate of drug-likeness (QED) is 0.660. The van der Waals surface area contributed by atoms with Crippen LogP contribution in [0, 0.1) is 0 Å². The largest absolute Gasteiger partial charge is 0.383 e. The van der Waals surface area contributed by atoms with Crippen molar-refractivity contribution in [1.29, 1.82) is 0 Å². The van der Waals surface area contributed by atoms with Gasteiger partial charge in [0, 0.05) is 29.5 Å². The Hall–Kier alpha value is -0.680. The second kappa shape index (κ2) is 9.36. The normalized spacial score (nSPS) is 12.5. The van der Waals surface area contributed by atoms with Gasteiger partial charge in [-0.05, 0) is 41.8 Å². The number of methoxy groups -OCH3 is 1. The third-order valence-electron chi connectivity index (χ3n) is 3.54. The number of ether oxygens (including phenoxy) is 1. The lowest BCUT2D eigenvalue weighted by atomic mass is 9.94. The molecule has 0 fully saturated rings. The average Bonchev–Trinajstić information content (AvgIpc) is 3.01. The zero-order chi connectivity index (χ0) is 14.9. The van der Waals surface area contributed by atoms with Gasteiger partial charge in [-0.1, -0.05) is 40.2 Å². The minimum atomic E-state index is 0.513. The molecule has 0 amide bonds. The Kier molecular flexibility index (Phi) is 7.44. The van der Waals surface area contributed by atoms with Gasteiger partial charge < -0.3 is 10.1 Å². The van der Waals surface area contributed by atoms with Crippen molar-refractivity contribution in [3.63, 3.8) is 0 Å². The molecule has 0 aliphatic carbocycles. The highest BCUT2D eigenvalue weighted by atomic mass is 79.9. The standard InChI is InChI=1S/C17H22BrNOS/c1-20-11-10-19-13-14(8-9-15-5-4-12-21-15)16-6-2-3-7-17(16)18/h2-7,12,14,19H,8-11,13H2,1H3. The SMILES string of the molecule is COCCNCC(CCc1cccs1)c1ccccc1Br. The Morgan fingerprint density at radius 3 is 2.81 bits per heavy atom. The first kappa shape index (κ1) is 16.7. The van der Waals surface area contributed by atoms with E-state index >= 15 is 0 Å². The molecule has 0 aliphatic heterocycles. The molecule has 1 aromatic heterocycles. The Balaban J connectivity index is 1.97. The lowest BCUT2D eigenvalue weighted by Crippen LogP contribution is -2.25. The van der Waals surface area contributed by atoms with E-state index < -0.39 is 0 Å². The topological polar surface area (TPSA) is 21.3 Å². The Labute approximate surface area is 139 Å². The van der Waals surface area contributed by atoms with Gasteiger partial charge >= 0.3 is 0 Å². The smallest absolute Gasteiger partial charge is 0.0587 e. The van der Waals surface area contributed by atoms with Gasteiger partial charge in [-0.25, -0.2) is 0 Å². The Morgan fingerprint density at radius 1 is 1.24 bits per heavy atom. The van der Waals surface area contributed by atoms with Gasteiger partial charge in [-0.2, -0.15) is 0 Å². The fraction of sp³-hybridized carbons (Fsp3) is 0.412. The molecule has 114 valence electrons. The molecule has 1 atom stereocenters. The zero-order valence-electron chi connectivity index (χ0n) is 12.3. The maximum Gasteiger partial charge on any atom is 0.0587 e. The zero-order valence-corrected chi connectivity index (χ0v) is 14.8. The minimum Gasteiger partial charge on any atom is -0.383 e. The van der Waals surface area contributed by atoms with Crippen LogP contribution >= 0.6 is 27.3 Å². The highest BCUT2D eigenvalue weighted by molar-refractivity contribution is 9.10. The Bertz CT molecular complexity index is 515. The molecule has 0 spiro atoms. The van der Waals surface area contributed by atoms with Crippen molar-refractivity contribution >= 4 is 27.3 Å². The van der Waals surface area contributed by atoms with E-state index in [-0.39, 0.29) is 0 Å². The fourth-order valence-electron chi connectivity index (χ4n) is 2.40. The number of aryl methyl sites for hydroxylation is 1. The van der Waals surface area contributed by atoms with Crippen LogP contribution in [0.1, 0.15) is 22.8 Å². The van der Waals surface area contributed by atoms with Crippen LogP contribution in [0.25, 0.3) is 0 Å². The molecule has 0 bridgehead atoms. The van der Waals surface area contributed by atoms with Crippen molar-refractivity contribution in [1.82, 2.24) is 5.32 Å². The molecule has 0 saturated carbocycles.